The topological polar surface area (TPSA) is 89.0 Å². The SMILES string of the molecule is COCc1nn(C(=N)N)c2c1CCN2. The van der Waals surface area contributed by atoms with E-state index in [0.29, 0.717) is 6.61 Å². The summed E-state index contributed by atoms with van der Waals surface area (Å²) < 4.78 is 6.44. The van der Waals surface area contributed by atoms with Crippen LogP contribution in [-0.2, 0) is 17.8 Å². The van der Waals surface area contributed by atoms with E-state index < -0.39 is 0 Å². The summed E-state index contributed by atoms with van der Waals surface area (Å²) in [5, 5.41) is 14.7. The van der Waals surface area contributed by atoms with Crippen molar-refractivity contribution in [3.63, 3.8) is 0 Å². The van der Waals surface area contributed by atoms with Crippen LogP contribution in [0.2, 0.25) is 0 Å². The molecule has 14 heavy (non-hydrogen) atoms. The van der Waals surface area contributed by atoms with E-state index in [-0.39, 0.29) is 5.96 Å². The molecule has 0 saturated carbocycles. The molecule has 0 aliphatic carbocycles. The minimum Gasteiger partial charge on any atom is -0.378 e. The quantitative estimate of drug-likeness (QED) is 0.448. The van der Waals surface area contributed by atoms with Gasteiger partial charge in [-0.1, -0.05) is 0 Å². The lowest BCUT2D eigenvalue weighted by Crippen LogP contribution is -2.23. The van der Waals surface area contributed by atoms with E-state index in [0.717, 1.165) is 30.0 Å². The van der Waals surface area contributed by atoms with Gasteiger partial charge >= 0.3 is 0 Å². The van der Waals surface area contributed by atoms with Crippen molar-refractivity contribution in [2.45, 2.75) is 13.0 Å². The maximum absolute atomic E-state index is 7.35. The van der Waals surface area contributed by atoms with Crippen LogP contribution >= 0.6 is 0 Å². The highest BCUT2D eigenvalue weighted by atomic mass is 16.5. The van der Waals surface area contributed by atoms with Crippen LogP contribution in [-0.4, -0.2) is 29.4 Å². The van der Waals surface area contributed by atoms with Gasteiger partial charge in [0.2, 0.25) is 5.96 Å². The monoisotopic (exact) mass is 195 g/mol. The number of fused-ring (bicyclic) bond motifs is 1. The zero-order valence-electron chi connectivity index (χ0n) is 8.00. The molecule has 0 saturated heterocycles. The van der Waals surface area contributed by atoms with Gasteiger partial charge in [0.05, 0.1) is 12.3 Å². The second-order valence-electron chi connectivity index (χ2n) is 3.18. The Kier molecular flexibility index (Phi) is 2.12. The first-order valence-corrected chi connectivity index (χ1v) is 4.42. The average Bonchev–Trinajstić information content (AvgIpc) is 2.67. The molecule has 1 aliphatic heterocycles. The minimum absolute atomic E-state index is 0.0713. The van der Waals surface area contributed by atoms with Crippen molar-refractivity contribution < 1.29 is 4.74 Å². The number of hydrogen-bond donors (Lipinski definition) is 3. The molecule has 0 radical (unpaired) electrons. The molecule has 2 heterocycles. The number of ether oxygens (including phenoxy) is 1. The number of methoxy groups -OCH3 is 1. The van der Waals surface area contributed by atoms with Crippen molar-refractivity contribution >= 4 is 11.8 Å². The molecule has 76 valence electrons. The Labute approximate surface area is 81.5 Å². The van der Waals surface area contributed by atoms with Crippen molar-refractivity contribution in [3.8, 4) is 0 Å². The molecule has 6 nitrogen and oxygen atoms in total. The summed E-state index contributed by atoms with van der Waals surface area (Å²) in [5.41, 5.74) is 7.38. The minimum atomic E-state index is -0.0713. The number of nitrogens with two attached hydrogens (primary N) is 1. The summed E-state index contributed by atoms with van der Waals surface area (Å²) in [6.07, 6.45) is 0.918. The molecule has 0 amide bonds. The molecular formula is C8H13N5O. The Balaban J connectivity index is 2.44. The number of nitrogens with zero attached hydrogens (tertiary/aromatic N) is 2. The van der Waals surface area contributed by atoms with Gasteiger partial charge in [0.25, 0.3) is 0 Å². The Hall–Kier alpha value is -1.56. The summed E-state index contributed by atoms with van der Waals surface area (Å²) in [4.78, 5) is 0. The highest BCUT2D eigenvalue weighted by Gasteiger charge is 2.22. The van der Waals surface area contributed by atoms with Crippen molar-refractivity contribution in [3.05, 3.63) is 11.3 Å². The lowest BCUT2D eigenvalue weighted by atomic mass is 10.2. The Bertz CT molecular complexity index is 370. The van der Waals surface area contributed by atoms with Crippen LogP contribution in [0.1, 0.15) is 11.3 Å². The van der Waals surface area contributed by atoms with Gasteiger partial charge in [-0.05, 0) is 6.42 Å². The van der Waals surface area contributed by atoms with E-state index in [4.69, 9.17) is 15.9 Å². The van der Waals surface area contributed by atoms with Crippen molar-refractivity contribution in [2.75, 3.05) is 19.0 Å². The largest absolute Gasteiger partial charge is 0.378 e. The third-order valence-corrected chi connectivity index (χ3v) is 2.24. The maximum atomic E-state index is 7.35. The van der Waals surface area contributed by atoms with Crippen molar-refractivity contribution in [2.24, 2.45) is 5.73 Å². The standard InChI is InChI=1S/C8H13N5O/c1-14-4-6-5-2-3-11-7(5)13(12-6)8(9)10/h11H,2-4H2,1H3,(H3,9,10). The normalized spacial score (nSPS) is 13.8. The molecule has 6 heteroatoms. The molecule has 1 aromatic rings. The van der Waals surface area contributed by atoms with Gasteiger partial charge in [0, 0.05) is 19.2 Å². The van der Waals surface area contributed by atoms with Crippen molar-refractivity contribution in [1.29, 1.82) is 5.41 Å². The zero-order valence-corrected chi connectivity index (χ0v) is 8.00. The predicted octanol–water partition coefficient (Wildman–Crippen LogP) is -0.261. The fourth-order valence-electron chi connectivity index (χ4n) is 1.67. The van der Waals surface area contributed by atoms with E-state index >= 15 is 0 Å². The van der Waals surface area contributed by atoms with Crippen LogP contribution in [0.15, 0.2) is 0 Å². The first kappa shape index (κ1) is 9.01. The number of aromatic nitrogens is 2. The molecule has 4 N–H and O–H groups in total. The molecule has 2 rings (SSSR count). The molecule has 0 fully saturated rings. The fourth-order valence-corrected chi connectivity index (χ4v) is 1.67. The van der Waals surface area contributed by atoms with Crippen LogP contribution in [0.3, 0.4) is 0 Å². The van der Waals surface area contributed by atoms with Crippen LogP contribution in [0, 0.1) is 5.41 Å². The van der Waals surface area contributed by atoms with Gasteiger partial charge in [-0.2, -0.15) is 9.78 Å². The molecule has 1 aliphatic rings. The molecular weight excluding hydrogens is 182 g/mol. The van der Waals surface area contributed by atoms with E-state index in [1.165, 1.54) is 4.68 Å². The smallest absolute Gasteiger partial charge is 0.215 e. The Morgan fingerprint density at radius 3 is 3.21 bits per heavy atom. The first-order valence-electron chi connectivity index (χ1n) is 4.42. The summed E-state index contributed by atoms with van der Waals surface area (Å²) in [7, 11) is 1.63. The maximum Gasteiger partial charge on any atom is 0.215 e. The fraction of sp³-hybridized carbons (Fsp3) is 0.500. The van der Waals surface area contributed by atoms with Crippen LogP contribution in [0.4, 0.5) is 5.82 Å². The van der Waals surface area contributed by atoms with Gasteiger partial charge in [0.1, 0.15) is 5.82 Å². The predicted molar refractivity (Wildman–Crippen MR) is 52.4 cm³/mol. The van der Waals surface area contributed by atoms with E-state index in [9.17, 15) is 0 Å². The average molecular weight is 195 g/mol. The van der Waals surface area contributed by atoms with Crippen LogP contribution < -0.4 is 11.1 Å². The summed E-state index contributed by atoms with van der Waals surface area (Å²) in [5.74, 6) is 0.766. The summed E-state index contributed by atoms with van der Waals surface area (Å²) >= 11 is 0. The molecule has 0 unspecified atom stereocenters. The summed E-state index contributed by atoms with van der Waals surface area (Å²) in [6.45, 7) is 1.33. The third kappa shape index (κ3) is 1.24. The number of nitrogen functional groups attached to an aromatic ring is 1. The molecule has 0 atom stereocenters. The van der Waals surface area contributed by atoms with Crippen LogP contribution in [0.5, 0.6) is 0 Å². The van der Waals surface area contributed by atoms with E-state index in [1.54, 1.807) is 7.11 Å². The number of anilines is 1. The number of rotatable bonds is 2. The first-order chi connectivity index (χ1) is 6.74. The number of hydrogen-bond acceptors (Lipinski definition) is 4. The highest BCUT2D eigenvalue weighted by Crippen LogP contribution is 2.25. The van der Waals surface area contributed by atoms with Gasteiger partial charge in [-0.3, -0.25) is 5.41 Å². The van der Waals surface area contributed by atoms with E-state index in [2.05, 4.69) is 10.4 Å². The Morgan fingerprint density at radius 1 is 1.79 bits per heavy atom. The second kappa shape index (κ2) is 3.30. The lowest BCUT2D eigenvalue weighted by Gasteiger charge is -2.01. The molecule has 0 spiro atoms. The number of nitrogens with one attached hydrogen (secondary N) is 2. The van der Waals surface area contributed by atoms with Gasteiger partial charge < -0.3 is 15.8 Å². The molecule has 0 bridgehead atoms. The van der Waals surface area contributed by atoms with Crippen LogP contribution in [0.25, 0.3) is 0 Å². The van der Waals surface area contributed by atoms with Gasteiger partial charge in [-0.25, -0.2) is 0 Å². The summed E-state index contributed by atoms with van der Waals surface area (Å²) in [6, 6.07) is 0. The van der Waals surface area contributed by atoms with Gasteiger partial charge in [0.15, 0.2) is 0 Å². The molecule has 1 aromatic heterocycles. The zero-order chi connectivity index (χ0) is 10.1. The Morgan fingerprint density at radius 2 is 2.57 bits per heavy atom. The van der Waals surface area contributed by atoms with E-state index in [1.807, 2.05) is 0 Å². The lowest BCUT2D eigenvalue weighted by molar-refractivity contribution is 0.180. The molecule has 0 aromatic carbocycles. The van der Waals surface area contributed by atoms with Gasteiger partial charge in [-0.15, -0.1) is 0 Å². The van der Waals surface area contributed by atoms with Crippen molar-refractivity contribution in [1.82, 2.24) is 9.78 Å². The second-order valence-corrected chi connectivity index (χ2v) is 3.18. The third-order valence-electron chi connectivity index (χ3n) is 2.24. The highest BCUT2D eigenvalue weighted by molar-refractivity contribution is 5.81.